The summed E-state index contributed by atoms with van der Waals surface area (Å²) in [6.07, 6.45) is 3.50. The highest BCUT2D eigenvalue weighted by molar-refractivity contribution is 6.30. The number of benzene rings is 1. The van der Waals surface area contributed by atoms with Crippen molar-refractivity contribution in [3.8, 4) is 5.82 Å². The molecule has 0 radical (unpaired) electrons. The van der Waals surface area contributed by atoms with Gasteiger partial charge in [0.15, 0.2) is 5.82 Å². The van der Waals surface area contributed by atoms with Crippen LogP contribution in [0.15, 0.2) is 48.7 Å². The molecule has 2 aromatic heterocycles. The van der Waals surface area contributed by atoms with E-state index in [1.54, 1.807) is 10.9 Å². The van der Waals surface area contributed by atoms with Gasteiger partial charge in [-0.15, -0.1) is 0 Å². The van der Waals surface area contributed by atoms with E-state index < -0.39 is 0 Å². The molecule has 156 valence electrons. The summed E-state index contributed by atoms with van der Waals surface area (Å²) < 4.78 is 1.79. The molecule has 3 heterocycles. The summed E-state index contributed by atoms with van der Waals surface area (Å²) in [7, 11) is 0. The van der Waals surface area contributed by atoms with Crippen molar-refractivity contribution in [3.05, 3.63) is 76.2 Å². The van der Waals surface area contributed by atoms with E-state index >= 15 is 0 Å². The van der Waals surface area contributed by atoms with Crippen LogP contribution in [-0.4, -0.2) is 44.7 Å². The molecule has 0 saturated carbocycles. The molecule has 0 unspecified atom stereocenters. The standard InChI is InChI=1S/C23H26ClN5O/c1-16-13-17(2)29(27-16)22-8-5-19(14-25-22)23(30)26-21-9-11-28(12-10-21)15-18-3-6-20(24)7-4-18/h3-8,13-14,21H,9-12,15H2,1-2H3,(H,26,30). The molecule has 1 amide bonds. The number of nitrogens with one attached hydrogen (secondary N) is 1. The van der Waals surface area contributed by atoms with Crippen molar-refractivity contribution in [1.29, 1.82) is 0 Å². The normalized spacial score (nSPS) is 15.3. The van der Waals surface area contributed by atoms with Crippen LogP contribution in [0.4, 0.5) is 0 Å². The topological polar surface area (TPSA) is 63.1 Å². The fourth-order valence-corrected chi connectivity index (χ4v) is 3.98. The Hall–Kier alpha value is -2.70. The van der Waals surface area contributed by atoms with Gasteiger partial charge < -0.3 is 5.32 Å². The predicted octanol–water partition coefficient (Wildman–Crippen LogP) is 3.93. The summed E-state index contributed by atoms with van der Waals surface area (Å²) in [5.74, 6) is 0.645. The molecular weight excluding hydrogens is 398 g/mol. The minimum Gasteiger partial charge on any atom is -0.349 e. The zero-order valence-corrected chi connectivity index (χ0v) is 18.1. The van der Waals surface area contributed by atoms with Gasteiger partial charge in [-0.25, -0.2) is 9.67 Å². The average Bonchev–Trinajstić information content (AvgIpc) is 3.09. The second-order valence-electron chi connectivity index (χ2n) is 7.89. The summed E-state index contributed by atoms with van der Waals surface area (Å²) in [4.78, 5) is 19.5. The van der Waals surface area contributed by atoms with Crippen molar-refractivity contribution in [2.45, 2.75) is 39.3 Å². The van der Waals surface area contributed by atoms with Gasteiger partial charge in [-0.05, 0) is 62.6 Å². The van der Waals surface area contributed by atoms with Gasteiger partial charge in [0.2, 0.25) is 0 Å². The van der Waals surface area contributed by atoms with Gasteiger partial charge in [0.05, 0.1) is 11.3 Å². The molecule has 1 fully saturated rings. The highest BCUT2D eigenvalue weighted by atomic mass is 35.5. The highest BCUT2D eigenvalue weighted by Crippen LogP contribution is 2.17. The Bertz CT molecular complexity index is 1010. The van der Waals surface area contributed by atoms with Crippen LogP contribution in [0.2, 0.25) is 5.02 Å². The van der Waals surface area contributed by atoms with Gasteiger partial charge in [0, 0.05) is 42.6 Å². The molecule has 0 spiro atoms. The van der Waals surface area contributed by atoms with E-state index in [0.29, 0.717) is 11.4 Å². The van der Waals surface area contributed by atoms with Crippen LogP contribution in [0.25, 0.3) is 5.82 Å². The lowest BCUT2D eigenvalue weighted by Crippen LogP contribution is -2.44. The summed E-state index contributed by atoms with van der Waals surface area (Å²) in [5, 5.41) is 8.35. The largest absolute Gasteiger partial charge is 0.349 e. The second-order valence-corrected chi connectivity index (χ2v) is 8.33. The number of halogens is 1. The first-order chi connectivity index (χ1) is 14.5. The number of nitrogens with zero attached hydrogens (tertiary/aromatic N) is 4. The average molecular weight is 424 g/mol. The Morgan fingerprint density at radius 1 is 1.13 bits per heavy atom. The molecule has 0 atom stereocenters. The fraction of sp³-hybridized carbons (Fsp3) is 0.348. The number of carbonyl (C=O) groups excluding carboxylic acids is 1. The monoisotopic (exact) mass is 423 g/mol. The molecule has 6 nitrogen and oxygen atoms in total. The highest BCUT2D eigenvalue weighted by Gasteiger charge is 2.21. The predicted molar refractivity (Wildman–Crippen MR) is 118 cm³/mol. The van der Waals surface area contributed by atoms with E-state index in [-0.39, 0.29) is 11.9 Å². The second kappa shape index (κ2) is 8.98. The Morgan fingerprint density at radius 3 is 2.47 bits per heavy atom. The van der Waals surface area contributed by atoms with Crippen LogP contribution in [0.1, 0.15) is 40.2 Å². The maximum absolute atomic E-state index is 12.6. The minimum atomic E-state index is -0.0708. The van der Waals surface area contributed by atoms with Crippen LogP contribution < -0.4 is 5.32 Å². The number of amides is 1. The van der Waals surface area contributed by atoms with Crippen LogP contribution in [0, 0.1) is 13.8 Å². The molecule has 1 aliphatic heterocycles. The van der Waals surface area contributed by atoms with Crippen LogP contribution in [0.5, 0.6) is 0 Å². The van der Waals surface area contributed by atoms with E-state index in [2.05, 4.69) is 32.4 Å². The first-order valence-corrected chi connectivity index (χ1v) is 10.6. The van der Waals surface area contributed by atoms with E-state index in [0.717, 1.165) is 48.9 Å². The van der Waals surface area contributed by atoms with Crippen molar-refractivity contribution in [2.75, 3.05) is 13.1 Å². The zero-order chi connectivity index (χ0) is 21.1. The number of pyridine rings is 1. The Balaban J connectivity index is 1.29. The summed E-state index contributed by atoms with van der Waals surface area (Å²) in [6, 6.07) is 13.8. The molecule has 1 aliphatic rings. The van der Waals surface area contributed by atoms with Gasteiger partial charge >= 0.3 is 0 Å². The first kappa shape index (κ1) is 20.6. The maximum atomic E-state index is 12.6. The SMILES string of the molecule is Cc1cc(C)n(-c2ccc(C(=O)NC3CCN(Cc4ccc(Cl)cc4)CC3)cn2)n1. The van der Waals surface area contributed by atoms with Crippen molar-refractivity contribution in [3.63, 3.8) is 0 Å². The first-order valence-electron chi connectivity index (χ1n) is 10.3. The third-order valence-electron chi connectivity index (χ3n) is 5.48. The number of carbonyl (C=O) groups is 1. The number of aryl methyl sites for hydroxylation is 2. The van der Waals surface area contributed by atoms with Crippen molar-refractivity contribution in [1.82, 2.24) is 25.0 Å². The van der Waals surface area contributed by atoms with Gasteiger partial charge in [0.1, 0.15) is 0 Å². The van der Waals surface area contributed by atoms with Crippen LogP contribution in [0.3, 0.4) is 0 Å². The lowest BCUT2D eigenvalue weighted by Gasteiger charge is -2.32. The molecule has 7 heteroatoms. The van der Waals surface area contributed by atoms with E-state index in [9.17, 15) is 4.79 Å². The van der Waals surface area contributed by atoms with Crippen molar-refractivity contribution in [2.24, 2.45) is 0 Å². The summed E-state index contributed by atoms with van der Waals surface area (Å²) in [6.45, 7) is 6.77. The zero-order valence-electron chi connectivity index (χ0n) is 17.3. The van der Waals surface area contributed by atoms with Gasteiger partial charge in [-0.1, -0.05) is 23.7 Å². The van der Waals surface area contributed by atoms with E-state index in [4.69, 9.17) is 11.6 Å². The molecule has 1 N–H and O–H groups in total. The molecule has 4 rings (SSSR count). The molecule has 30 heavy (non-hydrogen) atoms. The molecule has 0 bridgehead atoms. The number of hydrogen-bond acceptors (Lipinski definition) is 4. The van der Waals surface area contributed by atoms with Crippen LogP contribution >= 0.6 is 11.6 Å². The molecule has 1 saturated heterocycles. The van der Waals surface area contributed by atoms with Gasteiger partial charge in [-0.3, -0.25) is 9.69 Å². The van der Waals surface area contributed by atoms with E-state index in [1.807, 2.05) is 44.2 Å². The van der Waals surface area contributed by atoms with Gasteiger partial charge in [0.25, 0.3) is 5.91 Å². The molecule has 3 aromatic rings. The summed E-state index contributed by atoms with van der Waals surface area (Å²) >= 11 is 5.96. The number of hydrogen-bond donors (Lipinski definition) is 1. The third kappa shape index (κ3) is 4.89. The Kier molecular flexibility index (Phi) is 6.16. The van der Waals surface area contributed by atoms with Crippen molar-refractivity contribution < 1.29 is 4.79 Å². The number of likely N-dealkylation sites (tertiary alicyclic amines) is 1. The lowest BCUT2D eigenvalue weighted by molar-refractivity contribution is 0.0908. The Morgan fingerprint density at radius 2 is 1.87 bits per heavy atom. The number of aromatic nitrogens is 3. The minimum absolute atomic E-state index is 0.0708. The van der Waals surface area contributed by atoms with Gasteiger partial charge in [-0.2, -0.15) is 5.10 Å². The van der Waals surface area contributed by atoms with Crippen molar-refractivity contribution >= 4 is 17.5 Å². The fourth-order valence-electron chi connectivity index (χ4n) is 3.86. The quantitative estimate of drug-likeness (QED) is 0.675. The summed E-state index contributed by atoms with van der Waals surface area (Å²) in [5.41, 5.74) is 3.79. The lowest BCUT2D eigenvalue weighted by atomic mass is 10.0. The molecular formula is C23H26ClN5O. The number of rotatable bonds is 5. The smallest absolute Gasteiger partial charge is 0.253 e. The van der Waals surface area contributed by atoms with E-state index in [1.165, 1.54) is 5.56 Å². The third-order valence-corrected chi connectivity index (χ3v) is 5.73. The Labute approximate surface area is 181 Å². The molecule has 1 aromatic carbocycles. The van der Waals surface area contributed by atoms with Crippen LogP contribution in [-0.2, 0) is 6.54 Å². The molecule has 0 aliphatic carbocycles. The number of piperidine rings is 1. The maximum Gasteiger partial charge on any atom is 0.253 e.